The summed E-state index contributed by atoms with van der Waals surface area (Å²) in [5, 5.41) is 11.3. The van der Waals surface area contributed by atoms with Crippen LogP contribution in [0, 0.1) is 0 Å². The molecule has 37 heavy (non-hydrogen) atoms. The average Bonchev–Trinajstić information content (AvgIpc) is 3.17. The first-order valence-electron chi connectivity index (χ1n) is 11.7. The lowest BCUT2D eigenvalue weighted by Crippen LogP contribution is -2.29. The Balaban J connectivity index is 1.91. The van der Waals surface area contributed by atoms with E-state index in [1.807, 2.05) is 13.8 Å². The second kappa shape index (κ2) is 10.6. The number of carbonyl (C=O) groups excluding carboxylic acids is 3. The number of aliphatic hydroxyl groups excluding tert-OH is 1. The van der Waals surface area contributed by atoms with E-state index in [-0.39, 0.29) is 23.0 Å². The van der Waals surface area contributed by atoms with Crippen molar-refractivity contribution in [1.29, 1.82) is 0 Å². The summed E-state index contributed by atoms with van der Waals surface area (Å²) in [5.74, 6) is -1.60. The summed E-state index contributed by atoms with van der Waals surface area (Å²) in [5.41, 5.74) is 1.24. The number of hydrogen-bond donors (Lipinski definition) is 1. The molecule has 0 radical (unpaired) electrons. The number of para-hydroxylation sites is 1. The van der Waals surface area contributed by atoms with Gasteiger partial charge in [0.2, 0.25) is 0 Å². The number of aliphatic hydroxyl groups is 1. The number of amides is 1. The number of benzene rings is 3. The molecule has 1 atom stereocenters. The van der Waals surface area contributed by atoms with Crippen LogP contribution in [0.15, 0.2) is 78.4 Å². The molecule has 8 heteroatoms. The van der Waals surface area contributed by atoms with Crippen molar-refractivity contribution in [3.05, 3.63) is 95.1 Å². The van der Waals surface area contributed by atoms with Gasteiger partial charge in [0.05, 0.1) is 37.5 Å². The monoisotopic (exact) mass is 501 g/mol. The number of anilines is 1. The zero-order valence-electron chi connectivity index (χ0n) is 20.9. The third kappa shape index (κ3) is 4.91. The van der Waals surface area contributed by atoms with E-state index in [4.69, 9.17) is 14.2 Å². The van der Waals surface area contributed by atoms with E-state index in [9.17, 15) is 19.5 Å². The fourth-order valence-electron chi connectivity index (χ4n) is 4.31. The first-order chi connectivity index (χ1) is 17.8. The number of rotatable bonds is 7. The number of nitrogens with zero attached hydrogens (tertiary/aromatic N) is 1. The largest absolute Gasteiger partial charge is 0.507 e. The smallest absolute Gasteiger partial charge is 0.337 e. The fourth-order valence-corrected chi connectivity index (χ4v) is 4.31. The van der Waals surface area contributed by atoms with E-state index in [1.165, 1.54) is 25.2 Å². The summed E-state index contributed by atoms with van der Waals surface area (Å²) in [6.07, 6.45) is -0.0314. The Bertz CT molecular complexity index is 1380. The highest BCUT2D eigenvalue weighted by Crippen LogP contribution is 2.45. The molecule has 0 aliphatic carbocycles. The molecule has 1 amide bonds. The number of ether oxygens (including phenoxy) is 3. The van der Waals surface area contributed by atoms with Crippen molar-refractivity contribution in [3.8, 4) is 11.5 Å². The molecule has 1 heterocycles. The molecule has 1 N–H and O–H groups in total. The van der Waals surface area contributed by atoms with Gasteiger partial charge in [-0.1, -0.05) is 24.3 Å². The standard InChI is InChI=1S/C29H27NO7/c1-17(2)37-21-14-12-18(13-15-21)26(31)24-25(22-10-5-6-11-23(22)35-3)30(28(33)27(24)32)20-9-7-8-19(16-20)29(34)36-4/h5-17,25,31H,1-4H3/b26-24+. The average molecular weight is 502 g/mol. The summed E-state index contributed by atoms with van der Waals surface area (Å²) >= 11 is 0. The van der Waals surface area contributed by atoms with Gasteiger partial charge >= 0.3 is 5.97 Å². The Morgan fingerprint density at radius 1 is 0.919 bits per heavy atom. The first kappa shape index (κ1) is 25.5. The highest BCUT2D eigenvalue weighted by molar-refractivity contribution is 6.51. The van der Waals surface area contributed by atoms with E-state index in [2.05, 4.69) is 0 Å². The van der Waals surface area contributed by atoms with Crippen LogP contribution in [-0.2, 0) is 14.3 Å². The minimum atomic E-state index is -1.02. The number of carbonyl (C=O) groups is 3. The van der Waals surface area contributed by atoms with Crippen LogP contribution in [0.5, 0.6) is 11.5 Å². The predicted molar refractivity (Wildman–Crippen MR) is 138 cm³/mol. The highest BCUT2D eigenvalue weighted by Gasteiger charge is 2.48. The molecule has 190 valence electrons. The van der Waals surface area contributed by atoms with Gasteiger partial charge in [-0.3, -0.25) is 14.5 Å². The van der Waals surface area contributed by atoms with Gasteiger partial charge in [-0.25, -0.2) is 4.79 Å². The Morgan fingerprint density at radius 2 is 1.62 bits per heavy atom. The van der Waals surface area contributed by atoms with E-state index in [0.29, 0.717) is 28.3 Å². The molecule has 0 aromatic heterocycles. The van der Waals surface area contributed by atoms with E-state index in [0.717, 1.165) is 0 Å². The molecule has 1 saturated heterocycles. The molecular weight excluding hydrogens is 474 g/mol. The zero-order valence-corrected chi connectivity index (χ0v) is 20.9. The van der Waals surface area contributed by atoms with Gasteiger partial charge in [0.1, 0.15) is 17.3 Å². The summed E-state index contributed by atoms with van der Waals surface area (Å²) in [4.78, 5) is 40.2. The second-order valence-electron chi connectivity index (χ2n) is 8.64. The number of esters is 1. The maximum Gasteiger partial charge on any atom is 0.337 e. The van der Waals surface area contributed by atoms with Crippen LogP contribution in [0.2, 0.25) is 0 Å². The SMILES string of the molecule is COC(=O)c1cccc(N2C(=O)C(=O)/C(=C(/O)c3ccc(OC(C)C)cc3)C2c2ccccc2OC)c1. The van der Waals surface area contributed by atoms with Crippen LogP contribution < -0.4 is 14.4 Å². The molecule has 1 fully saturated rings. The van der Waals surface area contributed by atoms with Gasteiger partial charge < -0.3 is 19.3 Å². The molecule has 0 bridgehead atoms. The Morgan fingerprint density at radius 3 is 2.27 bits per heavy atom. The Hall–Kier alpha value is -4.59. The van der Waals surface area contributed by atoms with Gasteiger partial charge in [0.25, 0.3) is 11.7 Å². The van der Waals surface area contributed by atoms with Crippen LogP contribution in [0.25, 0.3) is 5.76 Å². The van der Waals surface area contributed by atoms with Gasteiger partial charge in [0, 0.05) is 16.8 Å². The molecule has 1 aliphatic rings. The van der Waals surface area contributed by atoms with Crippen molar-refractivity contribution < 1.29 is 33.7 Å². The number of hydrogen-bond acceptors (Lipinski definition) is 7. The van der Waals surface area contributed by atoms with Crippen LogP contribution >= 0.6 is 0 Å². The zero-order chi connectivity index (χ0) is 26.7. The van der Waals surface area contributed by atoms with E-state index < -0.39 is 23.7 Å². The lowest BCUT2D eigenvalue weighted by atomic mass is 9.94. The minimum absolute atomic E-state index is 0.0314. The van der Waals surface area contributed by atoms with Crippen LogP contribution in [0.4, 0.5) is 5.69 Å². The molecule has 4 rings (SSSR count). The van der Waals surface area contributed by atoms with Crippen molar-refractivity contribution in [1.82, 2.24) is 0 Å². The van der Waals surface area contributed by atoms with Crippen molar-refractivity contribution >= 4 is 29.1 Å². The minimum Gasteiger partial charge on any atom is -0.507 e. The highest BCUT2D eigenvalue weighted by atomic mass is 16.5. The third-order valence-electron chi connectivity index (χ3n) is 5.92. The lowest BCUT2D eigenvalue weighted by molar-refractivity contribution is -0.132. The maximum absolute atomic E-state index is 13.4. The molecule has 0 saturated carbocycles. The molecule has 8 nitrogen and oxygen atoms in total. The summed E-state index contributed by atoms with van der Waals surface area (Å²) < 4.78 is 16.0. The van der Waals surface area contributed by atoms with Crippen molar-refractivity contribution in [2.24, 2.45) is 0 Å². The normalized spacial score (nSPS) is 16.7. The Kier molecular flexibility index (Phi) is 7.29. The van der Waals surface area contributed by atoms with Crippen molar-refractivity contribution in [2.45, 2.75) is 26.0 Å². The quantitative estimate of drug-likeness (QED) is 0.213. The summed E-state index contributed by atoms with van der Waals surface area (Å²) in [6, 6.07) is 18.8. The molecule has 1 unspecified atom stereocenters. The predicted octanol–water partition coefficient (Wildman–Crippen LogP) is 4.90. The van der Waals surface area contributed by atoms with Gasteiger partial charge in [0.15, 0.2) is 0 Å². The van der Waals surface area contributed by atoms with Crippen molar-refractivity contribution in [2.75, 3.05) is 19.1 Å². The lowest BCUT2D eigenvalue weighted by Gasteiger charge is -2.27. The van der Waals surface area contributed by atoms with E-state index in [1.54, 1.807) is 66.7 Å². The van der Waals surface area contributed by atoms with Crippen LogP contribution in [-0.4, -0.2) is 43.1 Å². The molecular formula is C29H27NO7. The number of methoxy groups -OCH3 is 2. The fraction of sp³-hybridized carbons (Fsp3) is 0.207. The topological polar surface area (TPSA) is 102 Å². The Labute approximate surface area is 214 Å². The second-order valence-corrected chi connectivity index (χ2v) is 8.64. The number of ketones is 1. The van der Waals surface area contributed by atoms with E-state index >= 15 is 0 Å². The van der Waals surface area contributed by atoms with Crippen molar-refractivity contribution in [3.63, 3.8) is 0 Å². The van der Waals surface area contributed by atoms with Crippen LogP contribution in [0.3, 0.4) is 0 Å². The maximum atomic E-state index is 13.4. The molecule has 3 aromatic carbocycles. The van der Waals surface area contributed by atoms with Gasteiger partial charge in [-0.05, 0) is 62.4 Å². The summed E-state index contributed by atoms with van der Waals surface area (Å²) in [6.45, 7) is 3.80. The first-order valence-corrected chi connectivity index (χ1v) is 11.7. The molecule has 0 spiro atoms. The van der Waals surface area contributed by atoms with Gasteiger partial charge in [-0.15, -0.1) is 0 Å². The summed E-state index contributed by atoms with van der Waals surface area (Å²) in [7, 11) is 2.74. The third-order valence-corrected chi connectivity index (χ3v) is 5.92. The molecule has 3 aromatic rings. The van der Waals surface area contributed by atoms with Crippen LogP contribution in [0.1, 0.15) is 41.4 Å². The van der Waals surface area contributed by atoms with Gasteiger partial charge in [-0.2, -0.15) is 0 Å². The molecule has 1 aliphatic heterocycles. The number of Topliss-reactive ketones (excluding diaryl/α,β-unsaturated/α-hetero) is 1.